The van der Waals surface area contributed by atoms with Crippen LogP contribution in [-0.2, 0) is 0 Å². The SMILES string of the molecule is C=C(C)C.C=C\C=C/C=C\C(=C/C=C\C(=C)CC)c1ccc(C(/C=C\c2ccccc2)=C/C(=C)CCC)cc1. The van der Waals surface area contributed by atoms with Crippen LogP contribution in [0.1, 0.15) is 63.6 Å². The Morgan fingerprint density at radius 3 is 1.87 bits per heavy atom. The van der Waals surface area contributed by atoms with Gasteiger partial charge in [0.05, 0.1) is 0 Å². The Kier molecular flexibility index (Phi) is 16.8. The first kappa shape index (κ1) is 32.9. The van der Waals surface area contributed by atoms with Gasteiger partial charge >= 0.3 is 0 Å². The third-order valence-corrected chi connectivity index (χ3v) is 5.43. The largest absolute Gasteiger partial charge is 0.100 e. The van der Waals surface area contributed by atoms with Gasteiger partial charge in [-0.2, -0.15) is 0 Å². The van der Waals surface area contributed by atoms with Crippen LogP contribution < -0.4 is 0 Å². The van der Waals surface area contributed by atoms with E-state index in [4.69, 9.17) is 0 Å². The average Bonchev–Trinajstić information content (AvgIpc) is 2.92. The molecule has 0 bridgehead atoms. The summed E-state index contributed by atoms with van der Waals surface area (Å²) in [6, 6.07) is 19.1. The first-order chi connectivity index (χ1) is 18.8. The summed E-state index contributed by atoms with van der Waals surface area (Å²) in [6.07, 6.45) is 25.7. The third-order valence-electron chi connectivity index (χ3n) is 5.43. The van der Waals surface area contributed by atoms with Gasteiger partial charge in [-0.05, 0) is 54.5 Å². The lowest BCUT2D eigenvalue weighted by Gasteiger charge is -2.08. The highest BCUT2D eigenvalue weighted by molar-refractivity contribution is 5.82. The summed E-state index contributed by atoms with van der Waals surface area (Å²) in [5.41, 5.74) is 9.21. The first-order valence-electron chi connectivity index (χ1n) is 13.7. The van der Waals surface area contributed by atoms with Crippen molar-refractivity contribution in [2.75, 3.05) is 0 Å². The van der Waals surface area contributed by atoms with E-state index in [1.165, 1.54) is 16.7 Å². The number of hydrogen-bond acceptors (Lipinski definition) is 0. The molecule has 202 valence electrons. The topological polar surface area (TPSA) is 0 Å². The zero-order valence-corrected chi connectivity index (χ0v) is 24.5. The predicted molar refractivity (Wildman–Crippen MR) is 179 cm³/mol. The molecule has 0 aromatic heterocycles. The van der Waals surface area contributed by atoms with Gasteiger partial charge in [0.15, 0.2) is 0 Å². The van der Waals surface area contributed by atoms with Gasteiger partial charge < -0.3 is 0 Å². The Morgan fingerprint density at radius 1 is 0.692 bits per heavy atom. The van der Waals surface area contributed by atoms with Crippen LogP contribution in [0.3, 0.4) is 0 Å². The second kappa shape index (κ2) is 19.9. The summed E-state index contributed by atoms with van der Waals surface area (Å²) in [4.78, 5) is 0. The molecule has 39 heavy (non-hydrogen) atoms. The van der Waals surface area contributed by atoms with Gasteiger partial charge in [-0.1, -0.05) is 178 Å². The maximum Gasteiger partial charge on any atom is -0.0181 e. The monoisotopic (exact) mass is 514 g/mol. The second-order valence-electron chi connectivity index (χ2n) is 9.51. The maximum absolute atomic E-state index is 4.26. The summed E-state index contributed by atoms with van der Waals surface area (Å²) >= 11 is 0. The molecule has 0 amide bonds. The molecule has 0 aliphatic heterocycles. The van der Waals surface area contributed by atoms with Gasteiger partial charge in [-0.15, -0.1) is 6.58 Å². The Hall–Kier alpha value is -4.16. The fraction of sp³-hybridized carbons (Fsp3) is 0.179. The van der Waals surface area contributed by atoms with Crippen LogP contribution in [0, 0.1) is 0 Å². The standard InChI is InChI=1S/C35H38.C4H8/c1-6-9-10-14-20-32(21-15-17-29(4)8-3)33-24-26-34(27-25-33)35(28-30(5)16-7-2)23-22-31-18-12-11-13-19-31;1-4(2)3/h6,9-15,17-28H,1,4-5,7-8,16H2,2-3H3;1H2,2-3H3/b10-9-,17-15-,20-14-,23-22-,32-21+,35-28+;. The van der Waals surface area contributed by atoms with Gasteiger partial charge in [-0.25, -0.2) is 0 Å². The lowest BCUT2D eigenvalue weighted by Crippen LogP contribution is -1.87. The molecule has 0 aliphatic rings. The lowest BCUT2D eigenvalue weighted by molar-refractivity contribution is 0.930. The van der Waals surface area contributed by atoms with Crippen molar-refractivity contribution in [3.8, 4) is 0 Å². The van der Waals surface area contributed by atoms with Gasteiger partial charge in [0.2, 0.25) is 0 Å². The molecule has 0 unspecified atom stereocenters. The number of hydrogen-bond donors (Lipinski definition) is 0. The Balaban J connectivity index is 0.00000177. The number of rotatable bonds is 13. The van der Waals surface area contributed by atoms with Crippen molar-refractivity contribution in [1.82, 2.24) is 0 Å². The van der Waals surface area contributed by atoms with Crippen molar-refractivity contribution in [2.24, 2.45) is 0 Å². The van der Waals surface area contributed by atoms with Crippen molar-refractivity contribution in [3.63, 3.8) is 0 Å². The highest BCUT2D eigenvalue weighted by Gasteiger charge is 2.03. The summed E-state index contributed by atoms with van der Waals surface area (Å²) in [6.45, 7) is 23.8. The minimum absolute atomic E-state index is 0.946. The van der Waals surface area contributed by atoms with E-state index in [9.17, 15) is 0 Å². The van der Waals surface area contributed by atoms with Crippen LogP contribution in [0.15, 0.2) is 158 Å². The Bertz CT molecular complexity index is 1230. The smallest absolute Gasteiger partial charge is 0.0181 e. The van der Waals surface area contributed by atoms with Crippen molar-refractivity contribution in [2.45, 2.75) is 47.0 Å². The molecule has 2 rings (SSSR count). The van der Waals surface area contributed by atoms with E-state index in [2.05, 4.69) is 131 Å². The number of benzene rings is 2. The van der Waals surface area contributed by atoms with Gasteiger partial charge in [0.1, 0.15) is 0 Å². The average molecular weight is 515 g/mol. The van der Waals surface area contributed by atoms with E-state index in [1.54, 1.807) is 6.08 Å². The molecule has 0 nitrogen and oxygen atoms in total. The quantitative estimate of drug-likeness (QED) is 0.184. The highest BCUT2D eigenvalue weighted by Crippen LogP contribution is 2.24. The fourth-order valence-corrected chi connectivity index (χ4v) is 3.40. The minimum Gasteiger partial charge on any atom is -0.100 e. The van der Waals surface area contributed by atoms with Crippen molar-refractivity contribution < 1.29 is 0 Å². The van der Waals surface area contributed by atoms with Crippen LogP contribution in [0.4, 0.5) is 0 Å². The van der Waals surface area contributed by atoms with E-state index < -0.39 is 0 Å². The van der Waals surface area contributed by atoms with E-state index in [0.29, 0.717) is 0 Å². The Labute approximate surface area is 238 Å². The second-order valence-corrected chi connectivity index (χ2v) is 9.51. The molecular weight excluding hydrogens is 468 g/mol. The molecule has 0 saturated carbocycles. The third kappa shape index (κ3) is 15.0. The van der Waals surface area contributed by atoms with E-state index in [1.807, 2.05) is 38.1 Å². The maximum atomic E-state index is 4.26. The molecule has 0 fully saturated rings. The normalized spacial score (nSPS) is 12.2. The van der Waals surface area contributed by atoms with Crippen LogP contribution >= 0.6 is 0 Å². The van der Waals surface area contributed by atoms with Gasteiger partial charge in [0.25, 0.3) is 0 Å². The lowest BCUT2D eigenvalue weighted by atomic mass is 9.97. The molecule has 0 radical (unpaired) electrons. The molecule has 0 aliphatic carbocycles. The molecule has 2 aromatic carbocycles. The minimum atomic E-state index is 0.946. The van der Waals surface area contributed by atoms with Crippen molar-refractivity contribution in [1.29, 1.82) is 0 Å². The zero-order chi connectivity index (χ0) is 28.9. The summed E-state index contributed by atoms with van der Waals surface area (Å²) in [5.74, 6) is 0. The fourth-order valence-electron chi connectivity index (χ4n) is 3.40. The molecule has 2 aromatic rings. The molecule has 0 spiro atoms. The van der Waals surface area contributed by atoms with E-state index >= 15 is 0 Å². The predicted octanol–water partition coefficient (Wildman–Crippen LogP) is 11.9. The van der Waals surface area contributed by atoms with E-state index in [-0.39, 0.29) is 0 Å². The molecule has 0 heteroatoms. The van der Waals surface area contributed by atoms with Crippen LogP contribution in [0.5, 0.6) is 0 Å². The zero-order valence-electron chi connectivity index (χ0n) is 24.5. The first-order valence-corrected chi connectivity index (χ1v) is 13.7. The van der Waals surface area contributed by atoms with E-state index in [0.717, 1.165) is 47.1 Å². The summed E-state index contributed by atoms with van der Waals surface area (Å²) < 4.78 is 0. The highest BCUT2D eigenvalue weighted by atomic mass is 14.1. The number of allylic oxidation sites excluding steroid dienone is 15. The van der Waals surface area contributed by atoms with Crippen LogP contribution in [-0.4, -0.2) is 0 Å². The van der Waals surface area contributed by atoms with Crippen LogP contribution in [0.2, 0.25) is 0 Å². The Morgan fingerprint density at radius 2 is 1.31 bits per heavy atom. The van der Waals surface area contributed by atoms with Gasteiger partial charge in [-0.3, -0.25) is 0 Å². The van der Waals surface area contributed by atoms with Crippen molar-refractivity contribution >= 4 is 17.2 Å². The molecule has 0 N–H and O–H groups in total. The van der Waals surface area contributed by atoms with Crippen molar-refractivity contribution in [3.05, 3.63) is 175 Å². The molecule has 0 saturated heterocycles. The summed E-state index contributed by atoms with van der Waals surface area (Å²) in [5, 5.41) is 0. The molecular formula is C39H46. The summed E-state index contributed by atoms with van der Waals surface area (Å²) in [7, 11) is 0. The molecule has 0 heterocycles. The molecule has 0 atom stereocenters. The van der Waals surface area contributed by atoms with Gasteiger partial charge in [0, 0.05) is 0 Å². The van der Waals surface area contributed by atoms with Crippen LogP contribution in [0.25, 0.3) is 17.2 Å².